The Morgan fingerprint density at radius 3 is 0.908 bits per heavy atom. The smallest absolute Gasteiger partial charge is 0.475 e. The van der Waals surface area contributed by atoms with Crippen molar-refractivity contribution in [2.24, 2.45) is 5.73 Å². The van der Waals surface area contributed by atoms with Crippen LogP contribution >= 0.6 is 15.6 Å². The van der Waals surface area contributed by atoms with Crippen molar-refractivity contribution in [1.29, 1.82) is 0 Å². The monoisotopic (exact) mass is 1910 g/mol. The van der Waals surface area contributed by atoms with Gasteiger partial charge in [-0.3, -0.25) is 65.5 Å². The summed E-state index contributed by atoms with van der Waals surface area (Å²) >= 11 is 0. The minimum absolute atomic E-state index is 0.00151. The van der Waals surface area contributed by atoms with E-state index in [2.05, 4.69) is 70.7 Å². The number of rotatable bonds is 93. The van der Waals surface area contributed by atoms with Crippen molar-refractivity contribution in [2.75, 3.05) is 79.2 Å². The van der Waals surface area contributed by atoms with Crippen molar-refractivity contribution >= 4 is 63.2 Å². The zero-order chi connectivity index (χ0) is 97.9. The van der Waals surface area contributed by atoms with E-state index in [-0.39, 0.29) is 102 Å². The molecule has 6 atom stereocenters. The van der Waals surface area contributed by atoms with E-state index < -0.39 is 75.6 Å². The summed E-state index contributed by atoms with van der Waals surface area (Å²) in [5, 5.41) is 16.7. The van der Waals surface area contributed by atoms with Gasteiger partial charge >= 0.3 is 45.5 Å². The second kappa shape index (κ2) is 93.0. The molecule has 0 saturated carbocycles. The van der Waals surface area contributed by atoms with Gasteiger partial charge in [0, 0.05) is 51.6 Å². The summed E-state index contributed by atoms with van der Waals surface area (Å²) in [6.07, 6.45) is 64.6. The van der Waals surface area contributed by atoms with Gasteiger partial charge in [-0.25, -0.2) is 9.13 Å². The molecule has 6 N–H and O–H groups in total. The lowest BCUT2D eigenvalue weighted by Gasteiger charge is -2.23. The van der Waals surface area contributed by atoms with Crippen LogP contribution in [-0.2, 0) is 103 Å². The summed E-state index contributed by atoms with van der Waals surface area (Å²) in [6.45, 7) is 30.9. The van der Waals surface area contributed by atoms with Crippen molar-refractivity contribution in [3.63, 3.8) is 0 Å². The van der Waals surface area contributed by atoms with Crippen LogP contribution in [0.15, 0.2) is 25.3 Å². The number of esters is 4. The van der Waals surface area contributed by atoms with Gasteiger partial charge in [0.25, 0.3) is 0 Å². The zero-order valence-electron chi connectivity index (χ0n) is 85.2. The van der Waals surface area contributed by atoms with Crippen LogP contribution in [0.25, 0.3) is 0 Å². The molecule has 2 unspecified atom stereocenters. The van der Waals surface area contributed by atoms with Crippen molar-refractivity contribution < 1.29 is 108 Å². The van der Waals surface area contributed by atoms with Gasteiger partial charge in [-0.2, -0.15) is 0 Å². The number of nitrogens with two attached hydrogens (primary N) is 1. The number of phosphoric acid groups is 2. The molecule has 29 heteroatoms. The first-order valence-electron chi connectivity index (χ1n) is 52.0. The normalized spacial score (nSPS) is 13.3. The number of aliphatic carboxylic acids is 1. The molecule has 0 aromatic carbocycles. The van der Waals surface area contributed by atoms with E-state index in [0.29, 0.717) is 51.7 Å². The van der Waals surface area contributed by atoms with Crippen LogP contribution in [0.3, 0.4) is 0 Å². The van der Waals surface area contributed by atoms with Gasteiger partial charge in [0.2, 0.25) is 17.7 Å². The van der Waals surface area contributed by atoms with Gasteiger partial charge in [0.05, 0.1) is 78.2 Å². The Morgan fingerprint density at radius 2 is 0.618 bits per heavy atom. The maximum Gasteiger partial charge on any atom is 0.475 e. The molecule has 3 amide bonds. The quantitative estimate of drug-likeness (QED) is 0.00943. The van der Waals surface area contributed by atoms with E-state index >= 15 is 0 Å². The van der Waals surface area contributed by atoms with Crippen LogP contribution in [0.5, 0.6) is 0 Å². The minimum atomic E-state index is -4.19. The number of ether oxygens (including phenoxy) is 6. The van der Waals surface area contributed by atoms with Gasteiger partial charge in [-0.15, -0.1) is 13.2 Å². The first-order chi connectivity index (χ1) is 62.9. The number of phosphoric ester groups is 2. The molecule has 772 valence electrons. The molecule has 0 bridgehead atoms. The Bertz CT molecular complexity index is 2850. The highest BCUT2D eigenvalue weighted by molar-refractivity contribution is 7.48. The van der Waals surface area contributed by atoms with Crippen molar-refractivity contribution in [1.82, 2.24) is 16.0 Å². The molecule has 0 heterocycles. The molecule has 27 nitrogen and oxygen atoms in total. The third-order valence-corrected chi connectivity index (χ3v) is 24.3. The van der Waals surface area contributed by atoms with Crippen LogP contribution in [0.1, 0.15) is 468 Å². The number of carboxylic acid groups (broad SMARTS) is 1. The van der Waals surface area contributed by atoms with E-state index in [1.54, 1.807) is 41.5 Å². The summed E-state index contributed by atoms with van der Waals surface area (Å²) in [5.74, 6) is -3.67. The van der Waals surface area contributed by atoms with E-state index in [1.807, 2.05) is 0 Å². The van der Waals surface area contributed by atoms with E-state index in [1.165, 1.54) is 224 Å². The van der Waals surface area contributed by atoms with Crippen molar-refractivity contribution in [3.8, 4) is 0 Å². The van der Waals surface area contributed by atoms with Crippen LogP contribution in [0.2, 0.25) is 0 Å². The number of amides is 3. The van der Waals surface area contributed by atoms with Gasteiger partial charge < -0.3 is 55.2 Å². The highest BCUT2D eigenvalue weighted by Crippen LogP contribution is 2.50. The summed E-state index contributed by atoms with van der Waals surface area (Å²) in [6, 6.07) is -1.27. The number of carbonyl (C=O) groups is 8. The average Bonchev–Trinajstić information content (AvgIpc) is 0.890. The summed E-state index contributed by atoms with van der Waals surface area (Å²) in [7, 11) is -8.12. The number of carbonyl (C=O) groups excluding carboxylic acids is 7. The summed E-state index contributed by atoms with van der Waals surface area (Å²) < 4.78 is 93.9. The first-order valence-corrected chi connectivity index (χ1v) is 54.9. The van der Waals surface area contributed by atoms with E-state index in [4.69, 9.17) is 66.4 Å². The lowest BCUT2D eigenvalue weighted by atomic mass is 10.1. The standard InChI is InChI=1S/C51H97N2O11P.C44H87N2O8P.C7H12O4/c1-8-12-15-18-20-22-23-25-26-29-32-35-47(54)53-45(44-62-65(58,60-39-11-4)61-41-38-52-48(55)42-50(57)64-51(5,6)7)43-59-40-37-46(34-31-28-17-14-10-3)63-49(56)36-33-30-27-24-21-19-16-13-9-2;1-5-9-12-15-17-19-20-22-23-26-29-32-43(47)46-41(40-53-55(49,51-36-8-4)52-38-35-45)39-50-37-34-42(31-28-25-14-11-7-3)54-44(48)33-30-27-24-21-18-16-13-10-6-2;1-7(2,3)11-6(10)4-5(8)9/h11,45-46H,4,8-10,12-44H2,1-3,5-7H3,(H,52,55)(H,53,54);8,41-42H,4-7,9-40,45H2,1-3H3,(H,46,47);4H2,1-3H3,(H,8,9)/t45-,46-,65?;41-,42-,55?;/m11./s1. The van der Waals surface area contributed by atoms with Crippen LogP contribution < -0.4 is 21.7 Å². The number of unbranched alkanes of at least 4 members (excludes halogenated alkanes) is 44. The first kappa shape index (κ1) is 130. The van der Waals surface area contributed by atoms with Crippen LogP contribution in [-0.4, -0.2) is 167 Å². The number of hydrogen-bond acceptors (Lipinski definition) is 23. The van der Waals surface area contributed by atoms with Gasteiger partial charge in [0.15, 0.2) is 0 Å². The molecule has 0 spiro atoms. The molecule has 0 fully saturated rings. The molecule has 0 aromatic rings. The summed E-state index contributed by atoms with van der Waals surface area (Å²) in [4.78, 5) is 96.9. The van der Waals surface area contributed by atoms with Crippen LogP contribution in [0, 0.1) is 0 Å². The topological polar surface area (TPSA) is 364 Å². The third-order valence-electron chi connectivity index (χ3n) is 21.4. The van der Waals surface area contributed by atoms with Gasteiger partial charge in [-0.1, -0.05) is 336 Å². The Kier molecular flexibility index (Phi) is 92.6. The largest absolute Gasteiger partial charge is 0.481 e. The Balaban J connectivity index is -0.00000226. The van der Waals surface area contributed by atoms with Crippen molar-refractivity contribution in [3.05, 3.63) is 25.3 Å². The maximum atomic E-state index is 13.7. The molecule has 0 saturated heterocycles. The van der Waals surface area contributed by atoms with E-state index in [9.17, 15) is 47.5 Å². The molecule has 0 aromatic heterocycles. The van der Waals surface area contributed by atoms with E-state index in [0.717, 1.165) is 122 Å². The third kappa shape index (κ3) is 96.8. The minimum Gasteiger partial charge on any atom is -0.481 e. The fourth-order valence-electron chi connectivity index (χ4n) is 14.2. The molecule has 0 radical (unpaired) electrons. The second-order valence-electron chi connectivity index (χ2n) is 37.0. The Morgan fingerprint density at radius 1 is 0.336 bits per heavy atom. The molecular formula is C102H196N4O23P2. The number of hydrogen-bond donors (Lipinski definition) is 5. The van der Waals surface area contributed by atoms with Gasteiger partial charge in [0.1, 0.15) is 36.3 Å². The van der Waals surface area contributed by atoms with Crippen molar-refractivity contribution in [2.45, 2.75) is 504 Å². The Hall–Kier alpha value is -4.66. The lowest BCUT2D eigenvalue weighted by molar-refractivity contribution is -0.160. The van der Waals surface area contributed by atoms with Gasteiger partial charge in [-0.05, 0) is 92.9 Å². The predicted molar refractivity (Wildman–Crippen MR) is 529 cm³/mol. The molecular weight excluding hydrogens is 1710 g/mol. The fourth-order valence-corrected chi connectivity index (χ4v) is 16.6. The fraction of sp³-hybridized carbons (Fsp3) is 0.882. The second-order valence-corrected chi connectivity index (χ2v) is 40.3. The summed E-state index contributed by atoms with van der Waals surface area (Å²) in [5.41, 5.74) is 4.23. The number of nitrogens with one attached hydrogen (secondary N) is 3. The highest BCUT2D eigenvalue weighted by atomic mass is 31.2. The Labute approximate surface area is 797 Å². The molecule has 0 aliphatic heterocycles. The zero-order valence-corrected chi connectivity index (χ0v) is 87.0. The number of carboxylic acids is 1. The molecule has 0 rings (SSSR count). The highest BCUT2D eigenvalue weighted by Gasteiger charge is 2.32. The SMILES string of the molecule is C=CCOP(=O)(OCCN)OC[C@@H](COCC[C@@H](CCCCCCC)OC(=O)CCCCCCCCCCC)NC(=O)CCCCCCCCCCCCC.C=CCOP(=O)(OCCNC(=O)CC(=O)OC(C)(C)C)OC[C@@H](COCC[C@@H](CCCCCCC)OC(=O)CCCCCCCCCCC)NC(=O)CCCCCCCCCCCCC.CC(C)(C)OC(=O)CC(=O)O. The predicted octanol–water partition coefficient (Wildman–Crippen LogP) is 25.8. The lowest BCUT2D eigenvalue weighted by Crippen LogP contribution is -2.41. The molecule has 0 aliphatic rings. The average molecular weight is 1910 g/mol. The van der Waals surface area contributed by atoms with Crippen LogP contribution in [0.4, 0.5) is 0 Å². The maximum absolute atomic E-state index is 13.7. The molecule has 131 heavy (non-hydrogen) atoms. The molecule has 0 aliphatic carbocycles.